The van der Waals surface area contributed by atoms with Gasteiger partial charge in [0.05, 0.1) is 42.6 Å². The molecular weight excluding hydrogens is 273 g/mol. The van der Waals surface area contributed by atoms with E-state index >= 15 is 0 Å². The quantitative estimate of drug-likeness (QED) is 0.357. The van der Waals surface area contributed by atoms with Crippen molar-refractivity contribution >= 4 is 24.2 Å². The Kier molecular flexibility index (Phi) is 2.64. The molecule has 1 aromatic rings. The first-order valence-electron chi connectivity index (χ1n) is 5.67. The van der Waals surface area contributed by atoms with E-state index in [4.69, 9.17) is 4.74 Å². The molecule has 1 atom stereocenters. The lowest BCUT2D eigenvalue weighted by molar-refractivity contribution is -0.385. The molecule has 1 N–H and O–H groups in total. The molecule has 3 rings (SSSR count). The summed E-state index contributed by atoms with van der Waals surface area (Å²) in [6.07, 6.45) is 1.75. The number of rotatable bonds is 1. The molecule has 0 aromatic heterocycles. The minimum Gasteiger partial charge on any atom is -0.477 e. The van der Waals surface area contributed by atoms with E-state index in [9.17, 15) is 14.5 Å². The third-order valence-corrected chi connectivity index (χ3v) is 3.95. The Labute approximate surface area is 113 Å². The highest BCUT2D eigenvalue weighted by Crippen LogP contribution is 2.47. The van der Waals surface area contributed by atoms with E-state index in [-0.39, 0.29) is 27.6 Å². The Balaban J connectivity index is 2.20. The van der Waals surface area contributed by atoms with Gasteiger partial charge < -0.3 is 10.1 Å². The molecule has 0 saturated carbocycles. The predicted molar refractivity (Wildman–Crippen MR) is 70.3 cm³/mol. The summed E-state index contributed by atoms with van der Waals surface area (Å²) in [5.41, 5.74) is 0.682. The number of hydrogen-bond donors (Lipinski definition) is 2. The Morgan fingerprint density at radius 3 is 3.05 bits per heavy atom. The van der Waals surface area contributed by atoms with Crippen LogP contribution in [-0.2, 0) is 0 Å². The number of thiol groups is 1. The summed E-state index contributed by atoms with van der Waals surface area (Å²) >= 11 is 4.55. The Morgan fingerprint density at radius 1 is 1.53 bits per heavy atom. The monoisotopic (exact) mass is 284 g/mol. The van der Waals surface area contributed by atoms with Crippen molar-refractivity contribution in [2.24, 2.45) is 0 Å². The summed E-state index contributed by atoms with van der Waals surface area (Å²) in [5.74, 6) is -0.493. The van der Waals surface area contributed by atoms with Crippen molar-refractivity contribution in [3.8, 4) is 5.75 Å². The van der Waals surface area contributed by atoms with Crippen molar-refractivity contribution in [3.63, 3.8) is 0 Å². The van der Waals surface area contributed by atoms with Gasteiger partial charge in [0.15, 0.2) is 23.9 Å². The van der Waals surface area contributed by atoms with E-state index in [1.165, 1.54) is 6.07 Å². The minimum absolute atomic E-state index is 0.00778. The van der Waals surface area contributed by atoms with Crippen LogP contribution >= 0.6 is 12.8 Å². The molecule has 1 unspecified atom stereocenters. The average molecular weight is 284 g/mol. The van der Waals surface area contributed by atoms with Crippen LogP contribution in [0.1, 0.15) is 0 Å². The second-order valence-electron chi connectivity index (χ2n) is 4.40. The maximum atomic E-state index is 14.2. The van der Waals surface area contributed by atoms with Gasteiger partial charge in [0.25, 0.3) is 5.69 Å². The molecule has 100 valence electrons. The first-order valence-corrected chi connectivity index (χ1v) is 6.07. The second-order valence-corrected chi connectivity index (χ2v) is 5.09. The van der Waals surface area contributed by atoms with E-state index < -0.39 is 10.7 Å². The summed E-state index contributed by atoms with van der Waals surface area (Å²) in [7, 11) is 0. The average Bonchev–Trinajstić information content (AvgIpc) is 2.37. The van der Waals surface area contributed by atoms with Gasteiger partial charge >= 0.3 is 0 Å². The number of quaternary nitrogens is 1. The van der Waals surface area contributed by atoms with Crippen molar-refractivity contribution < 1.29 is 14.1 Å². The molecule has 8 heteroatoms. The molecular formula is C11H11FN3O3S+. The summed E-state index contributed by atoms with van der Waals surface area (Å²) in [4.78, 5) is 10.1. The number of hydrogen-bond acceptors (Lipinski definition) is 5. The number of nitrogens with one attached hydrogen (secondary N) is 1. The number of benzene rings is 1. The standard InChI is InChI=1S/C11H11FN3O3S/c12-9-3-7(14(16)17)4-10-11(9)15(19)2-1-13-5-8(15)6-18-10/h3-5,13,19H,1-2,6H2/q+1. The lowest BCUT2D eigenvalue weighted by Crippen LogP contribution is -2.51. The van der Waals surface area contributed by atoms with Crippen LogP contribution in [0.4, 0.5) is 15.8 Å². The van der Waals surface area contributed by atoms with Gasteiger partial charge in [0.1, 0.15) is 6.54 Å². The van der Waals surface area contributed by atoms with E-state index in [1.807, 2.05) is 0 Å². The van der Waals surface area contributed by atoms with Gasteiger partial charge in [-0.1, -0.05) is 0 Å². The van der Waals surface area contributed by atoms with Crippen LogP contribution in [-0.4, -0.2) is 24.6 Å². The van der Waals surface area contributed by atoms with Crippen LogP contribution in [0.3, 0.4) is 0 Å². The number of halogens is 1. The first-order chi connectivity index (χ1) is 9.02. The van der Waals surface area contributed by atoms with Crippen molar-refractivity contribution in [3.05, 3.63) is 40.0 Å². The van der Waals surface area contributed by atoms with Crippen LogP contribution in [0.2, 0.25) is 0 Å². The summed E-state index contributed by atoms with van der Waals surface area (Å²) < 4.78 is 19.6. The van der Waals surface area contributed by atoms with E-state index in [0.29, 0.717) is 13.1 Å². The van der Waals surface area contributed by atoms with E-state index in [0.717, 1.165) is 11.8 Å². The Morgan fingerprint density at radius 2 is 2.32 bits per heavy atom. The van der Waals surface area contributed by atoms with Crippen LogP contribution in [0.25, 0.3) is 0 Å². The highest BCUT2D eigenvalue weighted by molar-refractivity contribution is 7.80. The fourth-order valence-electron chi connectivity index (χ4n) is 2.36. The smallest absolute Gasteiger partial charge is 0.276 e. The third-order valence-electron chi connectivity index (χ3n) is 3.29. The Bertz CT molecular complexity index is 607. The summed E-state index contributed by atoms with van der Waals surface area (Å²) in [6, 6.07) is 2.15. The Hall–Kier alpha value is -1.80. The molecule has 0 spiro atoms. The number of nitro benzene ring substituents is 1. The normalized spacial score (nSPS) is 24.4. The molecule has 19 heavy (non-hydrogen) atoms. The van der Waals surface area contributed by atoms with E-state index in [1.54, 1.807) is 6.20 Å². The number of ether oxygens (including phenoxy) is 1. The summed E-state index contributed by atoms with van der Waals surface area (Å²) in [6.45, 7) is 1.41. The van der Waals surface area contributed by atoms with Crippen LogP contribution < -0.4 is 13.9 Å². The molecule has 0 saturated heterocycles. The highest BCUT2D eigenvalue weighted by Gasteiger charge is 2.45. The third kappa shape index (κ3) is 1.75. The molecule has 1 aromatic carbocycles. The molecule has 0 bridgehead atoms. The SMILES string of the molecule is O=[N+]([O-])c1cc(F)c2c(c1)OCC1=CNCC[N+]12S. The van der Waals surface area contributed by atoms with Gasteiger partial charge in [-0.2, -0.15) is 8.28 Å². The largest absolute Gasteiger partial charge is 0.477 e. The van der Waals surface area contributed by atoms with Crippen LogP contribution in [0, 0.1) is 15.9 Å². The molecule has 2 aliphatic heterocycles. The lowest BCUT2D eigenvalue weighted by Gasteiger charge is -2.39. The summed E-state index contributed by atoms with van der Waals surface area (Å²) in [5, 5.41) is 13.8. The van der Waals surface area contributed by atoms with Gasteiger partial charge in [-0.3, -0.25) is 10.1 Å². The van der Waals surface area contributed by atoms with Crippen LogP contribution in [0.5, 0.6) is 5.75 Å². The van der Waals surface area contributed by atoms with E-state index in [2.05, 4.69) is 18.1 Å². The topological polar surface area (TPSA) is 64.4 Å². The number of nitrogens with zero attached hydrogens (tertiary/aromatic N) is 2. The zero-order valence-electron chi connectivity index (χ0n) is 9.80. The zero-order valence-corrected chi connectivity index (χ0v) is 10.7. The molecule has 2 heterocycles. The van der Waals surface area contributed by atoms with Gasteiger partial charge in [0.2, 0.25) is 5.69 Å². The maximum Gasteiger partial charge on any atom is 0.276 e. The van der Waals surface area contributed by atoms with Crippen molar-refractivity contribution in [1.29, 1.82) is 0 Å². The second kappa shape index (κ2) is 4.10. The van der Waals surface area contributed by atoms with Gasteiger partial charge in [-0.05, 0) is 0 Å². The van der Waals surface area contributed by atoms with Gasteiger partial charge in [0, 0.05) is 0 Å². The molecule has 0 fully saturated rings. The highest BCUT2D eigenvalue weighted by atomic mass is 32.1. The fraction of sp³-hybridized carbons (Fsp3) is 0.273. The first kappa shape index (κ1) is 12.2. The maximum absolute atomic E-state index is 14.2. The van der Waals surface area contributed by atoms with Crippen molar-refractivity contribution in [2.45, 2.75) is 0 Å². The number of fused-ring (bicyclic) bond motifs is 3. The minimum atomic E-state index is -0.674. The zero-order chi connectivity index (χ0) is 13.6. The van der Waals surface area contributed by atoms with Crippen LogP contribution in [0.15, 0.2) is 24.0 Å². The number of nitro groups is 1. The van der Waals surface area contributed by atoms with Gasteiger partial charge in [-0.25, -0.2) is 0 Å². The molecule has 0 amide bonds. The van der Waals surface area contributed by atoms with Gasteiger partial charge in [-0.15, -0.1) is 0 Å². The van der Waals surface area contributed by atoms with Crippen molar-refractivity contribution in [1.82, 2.24) is 9.21 Å². The lowest BCUT2D eigenvalue weighted by atomic mass is 10.1. The fourth-order valence-corrected chi connectivity index (χ4v) is 2.77. The number of non-ortho nitro benzene ring substituents is 1. The molecule has 0 radical (unpaired) electrons. The predicted octanol–water partition coefficient (Wildman–Crippen LogP) is 1.72. The van der Waals surface area contributed by atoms with Crippen molar-refractivity contribution in [2.75, 3.05) is 19.7 Å². The molecule has 2 aliphatic rings. The molecule has 0 aliphatic carbocycles. The molecule has 6 nitrogen and oxygen atoms in total.